The highest BCUT2D eigenvalue weighted by Crippen LogP contribution is 2.35. The van der Waals surface area contributed by atoms with Crippen LogP contribution in [0.5, 0.6) is 0 Å². The smallest absolute Gasteiger partial charge is 0.381 e. The number of alkyl halides is 4. The molecule has 3 rings (SSSR count). The molecule has 1 aliphatic heterocycles. The molecule has 28 heavy (non-hydrogen) atoms. The predicted molar refractivity (Wildman–Crippen MR) is 94.0 cm³/mol. The van der Waals surface area contributed by atoms with E-state index < -0.39 is 24.5 Å². The molecule has 1 N–H and O–H groups in total. The van der Waals surface area contributed by atoms with Crippen LogP contribution in [-0.4, -0.2) is 24.1 Å². The summed E-state index contributed by atoms with van der Waals surface area (Å²) in [5.74, 6) is -0.339. The third kappa shape index (κ3) is 4.86. The predicted octanol–water partition coefficient (Wildman–Crippen LogP) is 4.20. The standard InChI is InChI=1S/C20H20F4N2O2/c21-11-13-3-5-15(6-4-13)18(26-17(27)10-14-7-9-28-12-14)19-16(20(22,23)24)2-1-8-25-19/h1-6,8,14,18H,7,9-12H2,(H,26,27)/t14?,18-/m0/s1. The number of hydrogen-bond donors (Lipinski definition) is 1. The van der Waals surface area contributed by atoms with E-state index >= 15 is 0 Å². The fourth-order valence-corrected chi connectivity index (χ4v) is 3.22. The first kappa shape index (κ1) is 20.3. The topological polar surface area (TPSA) is 51.2 Å². The molecule has 2 heterocycles. The fourth-order valence-electron chi connectivity index (χ4n) is 3.22. The first-order chi connectivity index (χ1) is 13.4. The Hall–Kier alpha value is -2.48. The number of nitrogens with one attached hydrogen (secondary N) is 1. The number of aromatic nitrogens is 1. The van der Waals surface area contributed by atoms with Crippen LogP contribution in [0.1, 0.15) is 41.3 Å². The molecule has 0 radical (unpaired) electrons. The number of ether oxygens (including phenoxy) is 1. The number of amides is 1. The average Bonchev–Trinajstić information content (AvgIpc) is 3.18. The van der Waals surface area contributed by atoms with Crippen LogP contribution in [0.25, 0.3) is 0 Å². The van der Waals surface area contributed by atoms with E-state index in [0.717, 1.165) is 12.5 Å². The van der Waals surface area contributed by atoms with Gasteiger partial charge in [-0.05, 0) is 35.6 Å². The molecule has 0 bridgehead atoms. The maximum Gasteiger partial charge on any atom is 0.418 e. The van der Waals surface area contributed by atoms with Crippen molar-refractivity contribution in [3.63, 3.8) is 0 Å². The van der Waals surface area contributed by atoms with Gasteiger partial charge in [0.2, 0.25) is 5.91 Å². The van der Waals surface area contributed by atoms with Crippen molar-refractivity contribution >= 4 is 5.91 Å². The number of nitrogens with zero attached hydrogens (tertiary/aromatic N) is 1. The number of halogens is 4. The van der Waals surface area contributed by atoms with E-state index in [1.165, 1.54) is 36.5 Å². The van der Waals surface area contributed by atoms with Gasteiger partial charge in [-0.25, -0.2) is 4.39 Å². The van der Waals surface area contributed by atoms with Crippen molar-refractivity contribution in [2.75, 3.05) is 13.2 Å². The van der Waals surface area contributed by atoms with Crippen LogP contribution >= 0.6 is 0 Å². The van der Waals surface area contributed by atoms with Crippen LogP contribution in [0.15, 0.2) is 42.6 Å². The van der Waals surface area contributed by atoms with E-state index in [-0.39, 0.29) is 23.9 Å². The Labute approximate surface area is 159 Å². The van der Waals surface area contributed by atoms with E-state index in [1.807, 2.05) is 0 Å². The van der Waals surface area contributed by atoms with Gasteiger partial charge in [0.15, 0.2) is 0 Å². The summed E-state index contributed by atoms with van der Waals surface area (Å²) in [4.78, 5) is 16.4. The lowest BCUT2D eigenvalue weighted by atomic mass is 9.97. The van der Waals surface area contributed by atoms with Gasteiger partial charge in [-0.1, -0.05) is 24.3 Å². The summed E-state index contributed by atoms with van der Waals surface area (Å²) in [6, 6.07) is 7.02. The van der Waals surface area contributed by atoms with Crippen molar-refractivity contribution in [1.82, 2.24) is 10.3 Å². The van der Waals surface area contributed by atoms with Gasteiger partial charge in [0, 0.05) is 25.8 Å². The van der Waals surface area contributed by atoms with E-state index in [2.05, 4.69) is 10.3 Å². The van der Waals surface area contributed by atoms with Crippen LogP contribution in [-0.2, 0) is 22.4 Å². The van der Waals surface area contributed by atoms with Gasteiger partial charge in [-0.15, -0.1) is 0 Å². The highest BCUT2D eigenvalue weighted by molar-refractivity contribution is 5.77. The SMILES string of the molecule is O=C(CC1CCOC1)N[C@@H](c1ccc(CF)cc1)c1ncccc1C(F)(F)F. The zero-order chi connectivity index (χ0) is 20.1. The lowest BCUT2D eigenvalue weighted by molar-refractivity contribution is -0.139. The Bertz CT molecular complexity index is 803. The summed E-state index contributed by atoms with van der Waals surface area (Å²) in [5.41, 5.74) is -0.412. The molecule has 0 saturated carbocycles. The van der Waals surface area contributed by atoms with E-state index in [1.54, 1.807) is 0 Å². The minimum atomic E-state index is -4.62. The van der Waals surface area contributed by atoms with Gasteiger partial charge in [0.25, 0.3) is 0 Å². The van der Waals surface area contributed by atoms with E-state index in [4.69, 9.17) is 4.74 Å². The molecule has 1 aromatic carbocycles. The second-order valence-corrected chi connectivity index (χ2v) is 6.74. The van der Waals surface area contributed by atoms with Gasteiger partial charge in [0.05, 0.1) is 17.3 Å². The molecule has 1 aliphatic rings. The Kier molecular flexibility index (Phi) is 6.28. The molecular weight excluding hydrogens is 376 g/mol. The molecule has 1 fully saturated rings. The normalized spacial score (nSPS) is 18.1. The van der Waals surface area contributed by atoms with Gasteiger partial charge < -0.3 is 10.1 Å². The summed E-state index contributed by atoms with van der Waals surface area (Å²) in [5, 5.41) is 2.68. The molecule has 4 nitrogen and oxygen atoms in total. The molecule has 0 aliphatic carbocycles. The second kappa shape index (κ2) is 8.68. The molecule has 8 heteroatoms. The van der Waals surface area contributed by atoms with Crippen molar-refractivity contribution in [1.29, 1.82) is 0 Å². The Morgan fingerprint density at radius 1 is 1.25 bits per heavy atom. The average molecular weight is 396 g/mol. The van der Waals surface area contributed by atoms with Crippen molar-refractivity contribution in [2.45, 2.75) is 31.7 Å². The lowest BCUT2D eigenvalue weighted by Gasteiger charge is -2.23. The number of benzene rings is 1. The molecule has 1 amide bonds. The molecule has 150 valence electrons. The third-order valence-corrected chi connectivity index (χ3v) is 4.69. The monoisotopic (exact) mass is 396 g/mol. The number of hydrogen-bond acceptors (Lipinski definition) is 3. The second-order valence-electron chi connectivity index (χ2n) is 6.74. The van der Waals surface area contributed by atoms with Crippen molar-refractivity contribution in [3.8, 4) is 0 Å². The van der Waals surface area contributed by atoms with Crippen molar-refractivity contribution < 1.29 is 27.1 Å². The maximum atomic E-state index is 13.5. The molecule has 2 atom stereocenters. The molecule has 2 aromatic rings. The third-order valence-electron chi connectivity index (χ3n) is 4.69. The summed E-state index contributed by atoms with van der Waals surface area (Å²) in [6.45, 7) is 0.349. The first-order valence-electron chi connectivity index (χ1n) is 8.92. The zero-order valence-electron chi connectivity index (χ0n) is 15.0. The number of pyridine rings is 1. The molecule has 1 aromatic heterocycles. The van der Waals surface area contributed by atoms with Gasteiger partial charge >= 0.3 is 6.18 Å². The Balaban J connectivity index is 1.93. The van der Waals surface area contributed by atoms with Crippen LogP contribution in [0.2, 0.25) is 0 Å². The minimum Gasteiger partial charge on any atom is -0.381 e. The summed E-state index contributed by atoms with van der Waals surface area (Å²) >= 11 is 0. The Morgan fingerprint density at radius 2 is 2.00 bits per heavy atom. The van der Waals surface area contributed by atoms with Gasteiger partial charge in [-0.3, -0.25) is 9.78 Å². The van der Waals surface area contributed by atoms with Crippen LogP contribution < -0.4 is 5.32 Å². The molecular formula is C20H20F4N2O2. The summed E-state index contributed by atoms with van der Waals surface area (Å²) in [6.07, 6.45) is -2.47. The molecule has 0 spiro atoms. The number of carbonyl (C=O) groups excluding carboxylic acids is 1. The highest BCUT2D eigenvalue weighted by atomic mass is 19.4. The van der Waals surface area contributed by atoms with Crippen molar-refractivity contribution in [2.24, 2.45) is 5.92 Å². The van der Waals surface area contributed by atoms with E-state index in [9.17, 15) is 22.4 Å². The molecule has 1 saturated heterocycles. The fraction of sp³-hybridized carbons (Fsp3) is 0.400. The zero-order valence-corrected chi connectivity index (χ0v) is 15.0. The number of carbonyl (C=O) groups is 1. The Morgan fingerprint density at radius 3 is 2.61 bits per heavy atom. The summed E-state index contributed by atoms with van der Waals surface area (Å²) in [7, 11) is 0. The molecule has 1 unspecified atom stereocenters. The van der Waals surface area contributed by atoms with Gasteiger partial charge in [-0.2, -0.15) is 13.2 Å². The van der Waals surface area contributed by atoms with Crippen LogP contribution in [0.3, 0.4) is 0 Å². The van der Waals surface area contributed by atoms with Gasteiger partial charge in [0.1, 0.15) is 6.67 Å². The quantitative estimate of drug-likeness (QED) is 0.745. The van der Waals surface area contributed by atoms with E-state index in [0.29, 0.717) is 24.3 Å². The van der Waals surface area contributed by atoms with Crippen molar-refractivity contribution in [3.05, 3.63) is 65.0 Å². The largest absolute Gasteiger partial charge is 0.418 e. The first-order valence-corrected chi connectivity index (χ1v) is 8.92. The summed E-state index contributed by atoms with van der Waals surface area (Å²) < 4.78 is 58.5. The van der Waals surface area contributed by atoms with Crippen LogP contribution in [0, 0.1) is 5.92 Å². The maximum absolute atomic E-state index is 13.5. The van der Waals surface area contributed by atoms with Crippen LogP contribution in [0.4, 0.5) is 17.6 Å². The minimum absolute atomic E-state index is 0.0420. The highest BCUT2D eigenvalue weighted by Gasteiger charge is 2.37. The lowest BCUT2D eigenvalue weighted by Crippen LogP contribution is -2.32. The number of rotatable bonds is 6.